The lowest BCUT2D eigenvalue weighted by Gasteiger charge is -2.38. The van der Waals surface area contributed by atoms with Crippen molar-refractivity contribution < 1.29 is 14.7 Å². The van der Waals surface area contributed by atoms with Gasteiger partial charge in [0.2, 0.25) is 5.91 Å². The molecule has 1 aliphatic carbocycles. The Morgan fingerprint density at radius 3 is 2.37 bits per heavy atom. The molecular weight excluding hydrogens is 244 g/mol. The number of nitrogens with one attached hydrogen (secondary N) is 2. The second-order valence-corrected chi connectivity index (χ2v) is 6.39. The molecule has 1 atom stereocenters. The topological polar surface area (TPSA) is 78.4 Å². The fourth-order valence-corrected chi connectivity index (χ4v) is 3.09. The van der Waals surface area contributed by atoms with E-state index < -0.39 is 17.0 Å². The van der Waals surface area contributed by atoms with Gasteiger partial charge in [0.1, 0.15) is 5.54 Å². The van der Waals surface area contributed by atoms with E-state index in [1.54, 1.807) is 0 Å². The van der Waals surface area contributed by atoms with Gasteiger partial charge in [-0.2, -0.15) is 0 Å². The number of carboxylic acid groups (broad SMARTS) is 1. The highest BCUT2D eigenvalue weighted by molar-refractivity contribution is 5.92. The highest BCUT2D eigenvalue weighted by Gasteiger charge is 2.46. The third kappa shape index (κ3) is 2.76. The lowest BCUT2D eigenvalue weighted by Crippen LogP contribution is -2.62. The lowest BCUT2D eigenvalue weighted by molar-refractivity contribution is -0.150. The van der Waals surface area contributed by atoms with E-state index in [2.05, 4.69) is 17.6 Å². The average molecular weight is 268 g/mol. The van der Waals surface area contributed by atoms with Crippen LogP contribution in [0.4, 0.5) is 0 Å². The average Bonchev–Trinajstić information content (AvgIpc) is 2.80. The van der Waals surface area contributed by atoms with Crippen LogP contribution in [0.2, 0.25) is 0 Å². The van der Waals surface area contributed by atoms with Crippen LogP contribution in [0.5, 0.6) is 0 Å². The van der Waals surface area contributed by atoms with Gasteiger partial charge in [-0.05, 0) is 57.9 Å². The van der Waals surface area contributed by atoms with Gasteiger partial charge in [-0.3, -0.25) is 4.79 Å². The number of aliphatic carboxylic acids is 1. The molecule has 1 unspecified atom stereocenters. The molecule has 5 nitrogen and oxygen atoms in total. The minimum atomic E-state index is -1.06. The molecule has 0 spiro atoms. The third-order valence-electron chi connectivity index (χ3n) is 4.76. The van der Waals surface area contributed by atoms with Crippen LogP contribution in [-0.2, 0) is 9.59 Å². The van der Waals surface area contributed by atoms with Crippen molar-refractivity contribution in [3.8, 4) is 0 Å². The second kappa shape index (κ2) is 5.12. The smallest absolute Gasteiger partial charge is 0.329 e. The number of carbonyl (C=O) groups is 2. The summed E-state index contributed by atoms with van der Waals surface area (Å²) in [7, 11) is 0. The van der Waals surface area contributed by atoms with E-state index >= 15 is 0 Å². The predicted octanol–water partition coefficient (Wildman–Crippen LogP) is 1.28. The molecule has 3 N–H and O–H groups in total. The molecule has 1 amide bonds. The molecular formula is C14H24N2O3. The molecule has 19 heavy (non-hydrogen) atoms. The summed E-state index contributed by atoms with van der Waals surface area (Å²) in [6.45, 7) is 4.81. The summed E-state index contributed by atoms with van der Waals surface area (Å²) in [6.07, 6.45) is 4.51. The fraction of sp³-hybridized carbons (Fsp3) is 0.857. The molecule has 0 radical (unpaired) electrons. The van der Waals surface area contributed by atoms with Crippen molar-refractivity contribution in [2.24, 2.45) is 5.92 Å². The Labute approximate surface area is 114 Å². The van der Waals surface area contributed by atoms with Crippen molar-refractivity contribution in [3.63, 3.8) is 0 Å². The first-order chi connectivity index (χ1) is 8.88. The Balaban J connectivity index is 2.09. The zero-order chi connectivity index (χ0) is 14.1. The number of carbonyl (C=O) groups excluding carboxylic acids is 1. The Hall–Kier alpha value is -1.10. The van der Waals surface area contributed by atoms with E-state index in [0.717, 1.165) is 32.2 Å². The molecule has 1 saturated heterocycles. The maximum atomic E-state index is 12.4. The van der Waals surface area contributed by atoms with Gasteiger partial charge in [0.25, 0.3) is 0 Å². The maximum Gasteiger partial charge on any atom is 0.329 e. The Bertz CT molecular complexity index is 367. The molecule has 2 aliphatic rings. The minimum absolute atomic E-state index is 0.165. The number of rotatable bonds is 3. The fourth-order valence-electron chi connectivity index (χ4n) is 3.09. The number of amides is 1. The number of hydrogen-bond acceptors (Lipinski definition) is 3. The molecule has 0 aromatic carbocycles. The van der Waals surface area contributed by atoms with E-state index in [1.807, 2.05) is 6.92 Å². The summed E-state index contributed by atoms with van der Waals surface area (Å²) >= 11 is 0. The Kier molecular flexibility index (Phi) is 3.85. The summed E-state index contributed by atoms with van der Waals surface area (Å²) in [5.41, 5.74) is -1.66. The summed E-state index contributed by atoms with van der Waals surface area (Å²) in [5.74, 6) is -0.513. The van der Waals surface area contributed by atoms with Crippen LogP contribution in [0.3, 0.4) is 0 Å². The molecule has 0 bridgehead atoms. The van der Waals surface area contributed by atoms with E-state index in [0.29, 0.717) is 18.8 Å². The highest BCUT2D eigenvalue weighted by Crippen LogP contribution is 2.33. The van der Waals surface area contributed by atoms with E-state index in [1.165, 1.54) is 0 Å². The van der Waals surface area contributed by atoms with Crippen molar-refractivity contribution in [1.82, 2.24) is 10.6 Å². The largest absolute Gasteiger partial charge is 0.480 e. The monoisotopic (exact) mass is 268 g/mol. The SMILES string of the molecule is CC1CCC(NC(=O)C2(C)CCCN2)(C(=O)O)CC1. The summed E-state index contributed by atoms with van der Waals surface area (Å²) in [6, 6.07) is 0. The van der Waals surface area contributed by atoms with E-state index in [-0.39, 0.29) is 5.91 Å². The van der Waals surface area contributed by atoms with Crippen molar-refractivity contribution in [1.29, 1.82) is 0 Å². The van der Waals surface area contributed by atoms with Crippen molar-refractivity contribution in [2.75, 3.05) is 6.54 Å². The highest BCUT2D eigenvalue weighted by atomic mass is 16.4. The van der Waals surface area contributed by atoms with Crippen LogP contribution < -0.4 is 10.6 Å². The first kappa shape index (κ1) is 14.3. The summed E-state index contributed by atoms with van der Waals surface area (Å²) < 4.78 is 0. The Morgan fingerprint density at radius 1 is 1.26 bits per heavy atom. The molecule has 5 heteroatoms. The van der Waals surface area contributed by atoms with Gasteiger partial charge in [-0.15, -0.1) is 0 Å². The first-order valence-corrected chi connectivity index (χ1v) is 7.19. The summed E-state index contributed by atoms with van der Waals surface area (Å²) in [5, 5.41) is 15.5. The van der Waals surface area contributed by atoms with Crippen LogP contribution >= 0.6 is 0 Å². The van der Waals surface area contributed by atoms with Gasteiger partial charge in [0.05, 0.1) is 5.54 Å². The van der Waals surface area contributed by atoms with Gasteiger partial charge in [0, 0.05) is 0 Å². The van der Waals surface area contributed by atoms with Gasteiger partial charge in [-0.25, -0.2) is 4.79 Å². The van der Waals surface area contributed by atoms with Gasteiger partial charge >= 0.3 is 5.97 Å². The van der Waals surface area contributed by atoms with Gasteiger partial charge in [0.15, 0.2) is 0 Å². The van der Waals surface area contributed by atoms with E-state index in [9.17, 15) is 14.7 Å². The third-order valence-corrected chi connectivity index (χ3v) is 4.76. The summed E-state index contributed by atoms with van der Waals surface area (Å²) in [4.78, 5) is 24.0. The Morgan fingerprint density at radius 2 is 1.89 bits per heavy atom. The standard InChI is InChI=1S/C14H24N2O3/c1-10-4-7-14(8-5-10,12(18)19)16-11(17)13(2)6-3-9-15-13/h10,15H,3-9H2,1-2H3,(H,16,17)(H,18,19). The van der Waals surface area contributed by atoms with Crippen LogP contribution in [0, 0.1) is 5.92 Å². The lowest BCUT2D eigenvalue weighted by atomic mass is 9.76. The molecule has 1 saturated carbocycles. The van der Waals surface area contributed by atoms with Crippen molar-refractivity contribution >= 4 is 11.9 Å². The molecule has 2 fully saturated rings. The quantitative estimate of drug-likeness (QED) is 0.720. The van der Waals surface area contributed by atoms with E-state index in [4.69, 9.17) is 0 Å². The molecule has 2 rings (SSSR count). The molecule has 1 aliphatic heterocycles. The molecule has 108 valence electrons. The molecule has 1 heterocycles. The van der Waals surface area contributed by atoms with Gasteiger partial charge < -0.3 is 15.7 Å². The normalized spacial score (nSPS) is 38.9. The zero-order valence-corrected chi connectivity index (χ0v) is 11.8. The zero-order valence-electron chi connectivity index (χ0n) is 11.8. The molecule has 0 aromatic heterocycles. The second-order valence-electron chi connectivity index (χ2n) is 6.39. The van der Waals surface area contributed by atoms with Crippen LogP contribution in [0.15, 0.2) is 0 Å². The predicted molar refractivity (Wildman–Crippen MR) is 71.8 cm³/mol. The van der Waals surface area contributed by atoms with Crippen LogP contribution in [0.1, 0.15) is 52.4 Å². The first-order valence-electron chi connectivity index (χ1n) is 7.19. The van der Waals surface area contributed by atoms with Crippen molar-refractivity contribution in [2.45, 2.75) is 63.5 Å². The maximum absolute atomic E-state index is 12.4. The molecule has 0 aromatic rings. The van der Waals surface area contributed by atoms with Gasteiger partial charge in [-0.1, -0.05) is 6.92 Å². The van der Waals surface area contributed by atoms with Crippen LogP contribution in [0.25, 0.3) is 0 Å². The van der Waals surface area contributed by atoms with Crippen LogP contribution in [-0.4, -0.2) is 34.6 Å². The minimum Gasteiger partial charge on any atom is -0.480 e. The van der Waals surface area contributed by atoms with Crippen molar-refractivity contribution in [3.05, 3.63) is 0 Å². The number of hydrogen-bond donors (Lipinski definition) is 3. The number of carboxylic acids is 1.